The van der Waals surface area contributed by atoms with E-state index in [0.717, 1.165) is 11.8 Å². The van der Waals surface area contributed by atoms with Gasteiger partial charge in [-0.3, -0.25) is 14.0 Å². The third-order valence-corrected chi connectivity index (χ3v) is 5.78. The molecule has 9 heteroatoms. The molecule has 0 spiro atoms. The van der Waals surface area contributed by atoms with E-state index in [1.807, 2.05) is 27.7 Å². The van der Waals surface area contributed by atoms with Crippen molar-refractivity contribution in [2.75, 3.05) is 5.32 Å². The van der Waals surface area contributed by atoms with Crippen molar-refractivity contribution in [3.05, 3.63) is 47.7 Å². The largest absolute Gasteiger partial charge is 0.364 e. The molecule has 1 amide bonds. The van der Waals surface area contributed by atoms with Crippen LogP contribution >= 0.6 is 0 Å². The molecule has 2 heterocycles. The summed E-state index contributed by atoms with van der Waals surface area (Å²) < 4.78 is 26.0. The quantitative estimate of drug-likeness (QED) is 0.694. The van der Waals surface area contributed by atoms with Gasteiger partial charge in [0.15, 0.2) is 5.69 Å². The number of anilines is 2. The lowest BCUT2D eigenvalue weighted by Crippen LogP contribution is -2.22. The van der Waals surface area contributed by atoms with E-state index < -0.39 is 27.3 Å². The molecule has 1 unspecified atom stereocenters. The van der Waals surface area contributed by atoms with Gasteiger partial charge in [0, 0.05) is 21.1 Å². The normalized spacial score (nSPS) is 12.8. The molecule has 146 valence electrons. The number of halogens is 1. The average molecular weight is 401 g/mol. The Morgan fingerprint density at radius 1 is 1.18 bits per heavy atom. The molecule has 1 aromatic carbocycles. The highest BCUT2D eigenvalue weighted by Gasteiger charge is 2.24. The maximum Gasteiger partial charge on any atom is 0.271 e. The minimum absolute atomic E-state index is 0.102. The van der Waals surface area contributed by atoms with Crippen LogP contribution in [0.2, 0.25) is 0 Å². The number of primary amides is 1. The number of rotatable bonds is 4. The molecule has 0 radical (unpaired) electrons. The zero-order valence-electron chi connectivity index (χ0n) is 15.9. The van der Waals surface area contributed by atoms with E-state index in [1.165, 1.54) is 12.3 Å². The van der Waals surface area contributed by atoms with Crippen LogP contribution in [0, 0.1) is 12.7 Å². The monoisotopic (exact) mass is 401 g/mol. The first-order valence-corrected chi connectivity index (χ1v) is 9.63. The summed E-state index contributed by atoms with van der Waals surface area (Å²) in [5, 5.41) is 11.5. The standard InChI is InChI=1S/C19H20FN5O2S/c1-10-5-13(28(27)19(2,3)4)7-14-15(10)24-25-17(18(21)26)16(14)23-12-6-11(20)8-22-9-12/h5-9H,1-4H3,(H2,21,26)(H,23,24). The number of nitrogens with zero attached hydrogens (tertiary/aromatic N) is 3. The SMILES string of the molecule is Cc1cc(S(=O)C(C)(C)C)cc2c(Nc3cncc(F)c3)c(C(N)=O)nnc12. The van der Waals surface area contributed by atoms with Crippen molar-refractivity contribution in [1.29, 1.82) is 0 Å². The van der Waals surface area contributed by atoms with E-state index in [0.29, 0.717) is 21.5 Å². The summed E-state index contributed by atoms with van der Waals surface area (Å²) in [5.41, 5.74) is 7.21. The number of carbonyl (C=O) groups excluding carboxylic acids is 1. The molecule has 0 aliphatic heterocycles. The highest BCUT2D eigenvalue weighted by molar-refractivity contribution is 7.86. The van der Waals surface area contributed by atoms with Crippen molar-refractivity contribution in [3.8, 4) is 0 Å². The maximum atomic E-state index is 13.5. The van der Waals surface area contributed by atoms with Crippen LogP contribution in [-0.4, -0.2) is 30.0 Å². The smallest absolute Gasteiger partial charge is 0.271 e. The molecule has 7 nitrogen and oxygen atoms in total. The molecule has 0 saturated heterocycles. The number of benzene rings is 1. The molecule has 0 aliphatic carbocycles. The van der Waals surface area contributed by atoms with E-state index in [2.05, 4.69) is 20.5 Å². The molecule has 0 saturated carbocycles. The van der Waals surface area contributed by atoms with E-state index >= 15 is 0 Å². The predicted octanol–water partition coefficient (Wildman–Crippen LogP) is 3.22. The fraction of sp³-hybridized carbons (Fsp3) is 0.263. The van der Waals surface area contributed by atoms with Gasteiger partial charge >= 0.3 is 0 Å². The highest BCUT2D eigenvalue weighted by atomic mass is 32.2. The first-order valence-electron chi connectivity index (χ1n) is 8.48. The summed E-state index contributed by atoms with van der Waals surface area (Å²) in [4.78, 5) is 16.3. The van der Waals surface area contributed by atoms with E-state index in [-0.39, 0.29) is 11.4 Å². The van der Waals surface area contributed by atoms with E-state index in [1.54, 1.807) is 12.1 Å². The third kappa shape index (κ3) is 3.84. The summed E-state index contributed by atoms with van der Waals surface area (Å²) >= 11 is 0. The van der Waals surface area contributed by atoms with Gasteiger partial charge in [-0.15, -0.1) is 10.2 Å². The van der Waals surface area contributed by atoms with Crippen LogP contribution in [0.4, 0.5) is 15.8 Å². The van der Waals surface area contributed by atoms with Gasteiger partial charge in [0.25, 0.3) is 5.91 Å². The highest BCUT2D eigenvalue weighted by Crippen LogP contribution is 2.33. The number of nitrogens with one attached hydrogen (secondary N) is 1. The second-order valence-corrected chi connectivity index (χ2v) is 9.56. The van der Waals surface area contributed by atoms with Crippen molar-refractivity contribution in [2.24, 2.45) is 5.73 Å². The van der Waals surface area contributed by atoms with Crippen molar-refractivity contribution in [1.82, 2.24) is 15.2 Å². The molecule has 28 heavy (non-hydrogen) atoms. The first-order chi connectivity index (χ1) is 13.1. The van der Waals surface area contributed by atoms with Crippen molar-refractivity contribution in [3.63, 3.8) is 0 Å². The minimum Gasteiger partial charge on any atom is -0.364 e. The van der Waals surface area contributed by atoms with Gasteiger partial charge in [-0.1, -0.05) is 0 Å². The van der Waals surface area contributed by atoms with Crippen LogP contribution < -0.4 is 11.1 Å². The fourth-order valence-corrected chi connectivity index (χ4v) is 3.95. The summed E-state index contributed by atoms with van der Waals surface area (Å²) in [6, 6.07) is 4.71. The molecular formula is C19H20FN5O2S. The summed E-state index contributed by atoms with van der Waals surface area (Å²) in [6.45, 7) is 7.44. The van der Waals surface area contributed by atoms with E-state index in [4.69, 9.17) is 5.73 Å². The van der Waals surface area contributed by atoms with Gasteiger partial charge in [-0.2, -0.15) is 0 Å². The molecule has 2 aromatic heterocycles. The Morgan fingerprint density at radius 3 is 2.50 bits per heavy atom. The Balaban J connectivity index is 2.28. The molecule has 3 rings (SSSR count). The molecule has 0 fully saturated rings. The van der Waals surface area contributed by atoms with Crippen molar-refractivity contribution in [2.45, 2.75) is 37.3 Å². The predicted molar refractivity (Wildman–Crippen MR) is 106 cm³/mol. The van der Waals surface area contributed by atoms with Gasteiger partial charge in [-0.05, 0) is 45.4 Å². The van der Waals surface area contributed by atoms with Crippen LogP contribution in [0.15, 0.2) is 35.5 Å². The topological polar surface area (TPSA) is 111 Å². The molecule has 3 N–H and O–H groups in total. The maximum absolute atomic E-state index is 13.5. The Labute approximate surface area is 164 Å². The van der Waals surface area contributed by atoms with Gasteiger partial charge in [0.1, 0.15) is 5.82 Å². The van der Waals surface area contributed by atoms with Crippen LogP contribution in [0.25, 0.3) is 10.9 Å². The number of amides is 1. The number of pyridine rings is 1. The van der Waals surface area contributed by atoms with Gasteiger partial charge < -0.3 is 11.1 Å². The Bertz CT molecular complexity index is 1110. The number of hydrogen-bond donors (Lipinski definition) is 2. The Hall–Kier alpha value is -2.94. The Morgan fingerprint density at radius 2 is 1.89 bits per heavy atom. The van der Waals surface area contributed by atoms with Crippen molar-refractivity contribution >= 4 is 39.0 Å². The molecule has 0 bridgehead atoms. The van der Waals surface area contributed by atoms with Crippen LogP contribution in [-0.2, 0) is 10.8 Å². The summed E-state index contributed by atoms with van der Waals surface area (Å²) in [7, 11) is -1.31. The van der Waals surface area contributed by atoms with Crippen LogP contribution in [0.5, 0.6) is 0 Å². The Kier molecular flexibility index (Phi) is 5.12. The number of aryl methyl sites for hydroxylation is 1. The van der Waals surface area contributed by atoms with Crippen LogP contribution in [0.1, 0.15) is 36.8 Å². The summed E-state index contributed by atoms with van der Waals surface area (Å²) in [6.07, 6.45) is 2.47. The van der Waals surface area contributed by atoms with Crippen molar-refractivity contribution < 1.29 is 13.4 Å². The number of aromatic nitrogens is 3. The molecule has 3 aromatic rings. The number of carbonyl (C=O) groups is 1. The third-order valence-electron chi connectivity index (χ3n) is 4.01. The molecule has 0 aliphatic rings. The minimum atomic E-state index is -1.31. The van der Waals surface area contributed by atoms with E-state index in [9.17, 15) is 13.4 Å². The number of fused-ring (bicyclic) bond motifs is 1. The molecule has 1 atom stereocenters. The average Bonchev–Trinajstić information content (AvgIpc) is 2.60. The number of nitrogens with two attached hydrogens (primary N) is 1. The fourth-order valence-electron chi connectivity index (χ4n) is 2.73. The zero-order chi connectivity index (χ0) is 20.6. The van der Waals surface area contributed by atoms with Gasteiger partial charge in [0.2, 0.25) is 0 Å². The first kappa shape index (κ1) is 19.8. The second-order valence-electron chi connectivity index (χ2n) is 7.32. The lowest BCUT2D eigenvalue weighted by molar-refractivity contribution is 0.0995. The molecular weight excluding hydrogens is 381 g/mol. The number of hydrogen-bond acceptors (Lipinski definition) is 6. The lowest BCUT2D eigenvalue weighted by atomic mass is 10.1. The summed E-state index contributed by atoms with van der Waals surface area (Å²) in [5.74, 6) is -1.33. The van der Waals surface area contributed by atoms with Gasteiger partial charge in [-0.25, -0.2) is 4.39 Å². The van der Waals surface area contributed by atoms with Crippen LogP contribution in [0.3, 0.4) is 0 Å². The lowest BCUT2D eigenvalue weighted by Gasteiger charge is -2.19. The van der Waals surface area contributed by atoms with Gasteiger partial charge in [0.05, 0.1) is 40.1 Å². The zero-order valence-corrected chi connectivity index (χ0v) is 16.7. The second kappa shape index (κ2) is 7.23.